The maximum absolute atomic E-state index is 14.5. The summed E-state index contributed by atoms with van der Waals surface area (Å²) < 4.78 is 22.2. The molecular formula is C25H17FN4O. The van der Waals surface area contributed by atoms with Gasteiger partial charge in [0.25, 0.3) is 0 Å². The number of ether oxygens (including phenoxy) is 1. The Kier molecular flexibility index (Phi) is 4.77. The second kappa shape index (κ2) is 7.88. The number of benzene rings is 1. The molecule has 5 aromatic rings. The van der Waals surface area contributed by atoms with Crippen LogP contribution in [0.2, 0.25) is 0 Å². The van der Waals surface area contributed by atoms with E-state index in [1.165, 1.54) is 6.07 Å². The number of para-hydroxylation sites is 1. The third-order valence-electron chi connectivity index (χ3n) is 4.89. The van der Waals surface area contributed by atoms with Crippen molar-refractivity contribution in [2.75, 3.05) is 0 Å². The van der Waals surface area contributed by atoms with Crippen LogP contribution in [0.5, 0.6) is 5.88 Å². The van der Waals surface area contributed by atoms with Crippen LogP contribution in [-0.4, -0.2) is 19.7 Å². The van der Waals surface area contributed by atoms with Gasteiger partial charge in [-0.1, -0.05) is 30.3 Å². The Balaban J connectivity index is 1.36. The van der Waals surface area contributed by atoms with E-state index in [0.29, 0.717) is 11.4 Å². The van der Waals surface area contributed by atoms with E-state index < -0.39 is 0 Å². The van der Waals surface area contributed by atoms with Crippen LogP contribution >= 0.6 is 0 Å². The Labute approximate surface area is 178 Å². The smallest absolute Gasteiger partial charge is 0.241 e. The van der Waals surface area contributed by atoms with Gasteiger partial charge in [0.1, 0.15) is 12.3 Å². The van der Waals surface area contributed by atoms with Crippen molar-refractivity contribution in [3.8, 4) is 28.3 Å². The third kappa shape index (κ3) is 3.81. The second-order valence-electron chi connectivity index (χ2n) is 7.08. The monoisotopic (exact) mass is 408 g/mol. The Bertz CT molecular complexity index is 1350. The molecule has 0 spiro atoms. The molecule has 0 aliphatic heterocycles. The summed E-state index contributed by atoms with van der Waals surface area (Å²) in [6.45, 7) is 0.263. The highest BCUT2D eigenvalue weighted by Crippen LogP contribution is 2.29. The maximum Gasteiger partial charge on any atom is 0.241 e. The summed E-state index contributed by atoms with van der Waals surface area (Å²) in [7, 11) is 1.84. The molecule has 0 aliphatic carbocycles. The van der Waals surface area contributed by atoms with Gasteiger partial charge in [-0.15, -0.1) is 5.10 Å². The van der Waals surface area contributed by atoms with Crippen LogP contribution in [0.1, 0.15) is 5.56 Å². The average molecular weight is 408 g/mol. The zero-order chi connectivity index (χ0) is 21.2. The van der Waals surface area contributed by atoms with Crippen molar-refractivity contribution in [3.05, 3.63) is 96.7 Å². The van der Waals surface area contributed by atoms with Crippen molar-refractivity contribution < 1.29 is 9.13 Å². The number of hydrogen-bond acceptors (Lipinski definition) is 4. The van der Waals surface area contributed by atoms with Crippen molar-refractivity contribution in [3.63, 3.8) is 0 Å². The third-order valence-corrected chi connectivity index (χ3v) is 4.89. The van der Waals surface area contributed by atoms with Crippen LogP contribution in [0.15, 0.2) is 73.2 Å². The van der Waals surface area contributed by atoms with Crippen molar-refractivity contribution in [2.24, 2.45) is 7.05 Å². The molecule has 5 rings (SSSR count). The van der Waals surface area contributed by atoms with E-state index in [-0.39, 0.29) is 18.1 Å². The summed E-state index contributed by atoms with van der Waals surface area (Å²) in [5.41, 5.74) is 4.17. The van der Waals surface area contributed by atoms with Crippen molar-refractivity contribution in [2.45, 2.75) is 6.61 Å². The van der Waals surface area contributed by atoms with E-state index in [0.717, 1.165) is 27.6 Å². The second-order valence-corrected chi connectivity index (χ2v) is 7.08. The summed E-state index contributed by atoms with van der Waals surface area (Å²) in [4.78, 5) is 8.49. The van der Waals surface area contributed by atoms with E-state index in [1.807, 2.05) is 55.7 Å². The summed E-state index contributed by atoms with van der Waals surface area (Å²) in [6, 6.07) is 22.4. The molecule has 5 nitrogen and oxygen atoms in total. The molecule has 0 N–H and O–H groups in total. The van der Waals surface area contributed by atoms with Crippen LogP contribution in [0.3, 0.4) is 0 Å². The standard InChI is InChI=1S/C25H17FN4O/c1-30-15-21(18-10-12-27-13-11-18)25(29-30)31-16-17-6-8-19(9-7-17)24-22(26)14-20-4-2-3-5-23(20)28-24/h2-6,8,10-15H,16H2,1H3. The minimum atomic E-state index is -0.386. The Morgan fingerprint density at radius 1 is 1.03 bits per heavy atom. The normalized spacial score (nSPS) is 10.8. The van der Waals surface area contributed by atoms with Gasteiger partial charge in [-0.25, -0.2) is 9.37 Å². The average Bonchev–Trinajstić information content (AvgIpc) is 3.19. The Morgan fingerprint density at radius 3 is 2.68 bits per heavy atom. The van der Waals surface area contributed by atoms with Gasteiger partial charge in [0, 0.05) is 36.6 Å². The number of halogens is 1. The van der Waals surface area contributed by atoms with Gasteiger partial charge in [-0.05, 0) is 42.0 Å². The summed E-state index contributed by atoms with van der Waals surface area (Å²) in [5, 5.41) is 5.16. The molecule has 0 saturated carbocycles. The van der Waals surface area contributed by atoms with Crippen molar-refractivity contribution in [1.82, 2.24) is 19.7 Å². The lowest BCUT2D eigenvalue weighted by Crippen LogP contribution is -1.98. The van der Waals surface area contributed by atoms with E-state index in [9.17, 15) is 4.39 Å². The fourth-order valence-corrected chi connectivity index (χ4v) is 3.37. The number of nitrogens with zero attached hydrogens (tertiary/aromatic N) is 4. The zero-order valence-electron chi connectivity index (χ0n) is 16.7. The van der Waals surface area contributed by atoms with Crippen LogP contribution < -0.4 is 4.74 Å². The molecule has 31 heavy (non-hydrogen) atoms. The van der Waals surface area contributed by atoms with Gasteiger partial charge in [-0.3, -0.25) is 9.67 Å². The van der Waals surface area contributed by atoms with Gasteiger partial charge < -0.3 is 4.74 Å². The van der Waals surface area contributed by atoms with Crippen molar-refractivity contribution >= 4 is 10.9 Å². The van der Waals surface area contributed by atoms with Crippen LogP contribution in [-0.2, 0) is 13.7 Å². The van der Waals surface area contributed by atoms with E-state index in [4.69, 9.17) is 4.74 Å². The number of aryl methyl sites for hydroxylation is 1. The molecule has 0 radical (unpaired) electrons. The van der Waals surface area contributed by atoms with Gasteiger partial charge in [0.2, 0.25) is 5.88 Å². The molecule has 150 valence electrons. The zero-order valence-corrected chi connectivity index (χ0v) is 16.7. The van der Waals surface area contributed by atoms with Gasteiger partial charge in [-0.2, -0.15) is 0 Å². The first-order valence-corrected chi connectivity index (χ1v) is 9.73. The molecule has 0 saturated heterocycles. The number of fused-ring (bicyclic) bond motifs is 1. The largest absolute Gasteiger partial charge is 0.471 e. The first kappa shape index (κ1) is 18.8. The summed E-state index contributed by atoms with van der Waals surface area (Å²) >= 11 is 0. The molecule has 3 aromatic heterocycles. The molecule has 0 fully saturated rings. The van der Waals surface area contributed by atoms with Gasteiger partial charge in [0.15, 0.2) is 5.82 Å². The summed E-state index contributed by atoms with van der Waals surface area (Å²) in [6.07, 6.45) is 5.36. The highest BCUT2D eigenvalue weighted by Gasteiger charge is 2.12. The molecule has 0 amide bonds. The molecule has 0 atom stereocenters. The number of pyridine rings is 2. The van der Waals surface area contributed by atoms with E-state index in [2.05, 4.69) is 27.2 Å². The lowest BCUT2D eigenvalue weighted by Gasteiger charge is -2.06. The minimum absolute atomic E-state index is 0.257. The van der Waals surface area contributed by atoms with Crippen LogP contribution in [0, 0.1) is 17.9 Å². The maximum atomic E-state index is 14.5. The van der Waals surface area contributed by atoms with E-state index >= 15 is 0 Å². The molecule has 3 heterocycles. The first-order chi connectivity index (χ1) is 15.2. The van der Waals surface area contributed by atoms with E-state index in [1.54, 1.807) is 23.1 Å². The SMILES string of the molecule is Cn1cc(-c2ccncc2)c(OCc2c#cc(-c3nc4ccccc4cc3F)cc2)n1. The minimum Gasteiger partial charge on any atom is -0.471 e. The lowest BCUT2D eigenvalue weighted by atomic mass is 10.1. The highest BCUT2D eigenvalue weighted by molar-refractivity contribution is 5.81. The van der Waals surface area contributed by atoms with Gasteiger partial charge >= 0.3 is 0 Å². The Hall–Kier alpha value is -4.24. The number of hydrogen-bond donors (Lipinski definition) is 0. The fourth-order valence-electron chi connectivity index (χ4n) is 3.37. The topological polar surface area (TPSA) is 52.8 Å². The van der Waals surface area contributed by atoms with Crippen LogP contribution in [0.25, 0.3) is 33.3 Å². The first-order valence-electron chi connectivity index (χ1n) is 9.73. The number of rotatable bonds is 5. The van der Waals surface area contributed by atoms with Crippen molar-refractivity contribution in [1.29, 1.82) is 0 Å². The molecule has 0 unspecified atom stereocenters. The molecule has 6 heteroatoms. The number of aromatic nitrogens is 4. The summed E-state index contributed by atoms with van der Waals surface area (Å²) in [5.74, 6) is 0.135. The predicted molar refractivity (Wildman–Crippen MR) is 116 cm³/mol. The highest BCUT2D eigenvalue weighted by atomic mass is 19.1. The Morgan fingerprint density at radius 2 is 1.87 bits per heavy atom. The molecular weight excluding hydrogens is 391 g/mol. The van der Waals surface area contributed by atoms with Crippen LogP contribution in [0.4, 0.5) is 4.39 Å². The van der Waals surface area contributed by atoms with Gasteiger partial charge in [0.05, 0.1) is 16.6 Å². The molecule has 2 aromatic carbocycles. The molecule has 0 aliphatic rings. The molecule has 0 bridgehead atoms. The predicted octanol–water partition coefficient (Wildman–Crippen LogP) is 5.02. The quantitative estimate of drug-likeness (QED) is 0.410. The lowest BCUT2D eigenvalue weighted by molar-refractivity contribution is 0.292. The fraction of sp³-hybridized carbons (Fsp3) is 0.0800.